The predicted octanol–water partition coefficient (Wildman–Crippen LogP) is 3.45. The van der Waals surface area contributed by atoms with E-state index in [2.05, 4.69) is 31.2 Å². The van der Waals surface area contributed by atoms with E-state index in [-0.39, 0.29) is 38.2 Å². The summed E-state index contributed by atoms with van der Waals surface area (Å²) in [5.74, 6) is -0.909. The van der Waals surface area contributed by atoms with E-state index in [9.17, 15) is 23.1 Å². The van der Waals surface area contributed by atoms with Gasteiger partial charge in [0, 0.05) is 49.7 Å². The summed E-state index contributed by atoms with van der Waals surface area (Å²) >= 11 is 0. The number of aromatic carboxylic acids is 1. The van der Waals surface area contributed by atoms with Gasteiger partial charge >= 0.3 is 12.1 Å². The number of imidazole rings is 1. The minimum absolute atomic E-state index is 0. The van der Waals surface area contributed by atoms with Gasteiger partial charge in [-0.2, -0.15) is 13.2 Å². The largest absolute Gasteiger partial charge is 0.477 e. The average Bonchev–Trinajstić information content (AvgIpc) is 3.17. The fourth-order valence-electron chi connectivity index (χ4n) is 3.08. The summed E-state index contributed by atoms with van der Waals surface area (Å²) in [5.41, 5.74) is -1.60. The van der Waals surface area contributed by atoms with Crippen LogP contribution in [0.3, 0.4) is 0 Å². The number of carboxylic acid groups (broad SMARTS) is 1. The number of halogens is 3. The Morgan fingerprint density at radius 2 is 1.69 bits per heavy atom. The molecule has 0 radical (unpaired) electrons. The van der Waals surface area contributed by atoms with E-state index in [1.165, 1.54) is 10.6 Å². The molecule has 0 saturated heterocycles. The Morgan fingerprint density at radius 3 is 2.34 bits per heavy atom. The fourth-order valence-corrected chi connectivity index (χ4v) is 3.08. The van der Waals surface area contributed by atoms with Gasteiger partial charge in [-0.15, -0.1) is 0 Å². The van der Waals surface area contributed by atoms with Gasteiger partial charge in [-0.25, -0.2) is 14.8 Å². The van der Waals surface area contributed by atoms with Crippen molar-refractivity contribution in [2.75, 3.05) is 0 Å². The van der Waals surface area contributed by atoms with Crippen molar-refractivity contribution in [3.8, 4) is 5.82 Å². The number of alkyl halides is 3. The van der Waals surface area contributed by atoms with Gasteiger partial charge in [-0.3, -0.25) is 9.97 Å². The van der Waals surface area contributed by atoms with Crippen LogP contribution in [0.4, 0.5) is 13.2 Å². The first-order chi connectivity index (χ1) is 14.6. The Labute approximate surface area is 193 Å². The van der Waals surface area contributed by atoms with Crippen molar-refractivity contribution in [1.29, 1.82) is 0 Å². The number of aromatic nitrogens is 6. The molecule has 0 aliphatic rings. The molecule has 4 aromatic rings. The second-order valence-corrected chi connectivity index (χ2v) is 7.16. The molecule has 0 aromatic carbocycles. The standard InChI is InChI=1S/C20H14F3N6O2.Pt/c1-19(2,12-6-3-5-11(27-12)18(30)31)13-7-4-8-14(28-13)29-10-26-15-16(20(21,22)23)24-9-25-17(15)29;/h3-9H,1-2H3,(H,30,31);/q-1;. The Hall–Kier alpha value is -3.20. The van der Waals surface area contributed by atoms with Gasteiger partial charge in [-0.1, -0.05) is 18.2 Å². The second-order valence-electron chi connectivity index (χ2n) is 7.16. The monoisotopic (exact) mass is 622 g/mol. The first kappa shape index (κ1) is 23.5. The zero-order valence-corrected chi connectivity index (χ0v) is 18.8. The molecule has 0 aliphatic carbocycles. The van der Waals surface area contributed by atoms with Crippen molar-refractivity contribution in [1.82, 2.24) is 29.5 Å². The molecule has 4 heterocycles. The summed E-state index contributed by atoms with van der Waals surface area (Å²) in [5, 5.41) is 9.21. The van der Waals surface area contributed by atoms with Gasteiger partial charge in [0.05, 0.1) is 11.5 Å². The Kier molecular flexibility index (Phi) is 6.15. The Balaban J connectivity index is 0.00000289. The molecule has 0 bridgehead atoms. The quantitative estimate of drug-likeness (QED) is 0.348. The number of carbonyl (C=O) groups is 1. The topological polar surface area (TPSA) is 107 Å². The molecular formula is C20H14F3N6O2Pt-. The molecule has 12 heteroatoms. The number of carboxylic acids is 1. The number of hydrogen-bond acceptors (Lipinski definition) is 6. The van der Waals surface area contributed by atoms with Gasteiger partial charge < -0.3 is 14.7 Å². The van der Waals surface area contributed by atoms with Crippen LogP contribution in [0.15, 0.2) is 42.7 Å². The summed E-state index contributed by atoms with van der Waals surface area (Å²) in [7, 11) is 0. The molecule has 32 heavy (non-hydrogen) atoms. The number of nitrogens with zero attached hydrogens (tertiary/aromatic N) is 6. The van der Waals surface area contributed by atoms with E-state index in [0.29, 0.717) is 11.4 Å². The minimum Gasteiger partial charge on any atom is -0.477 e. The SMILES string of the molecule is CC(C)(c1cccc(C(=O)O)n1)c1cccc(-n2[c-]nc3c(C(F)(F)F)ncnc32)n1.[Pt]. The van der Waals surface area contributed by atoms with Crippen molar-refractivity contribution in [2.24, 2.45) is 0 Å². The van der Waals surface area contributed by atoms with E-state index in [4.69, 9.17) is 0 Å². The molecule has 0 aliphatic heterocycles. The van der Waals surface area contributed by atoms with Crippen molar-refractivity contribution >= 4 is 17.1 Å². The Bertz CT molecular complexity index is 1310. The summed E-state index contributed by atoms with van der Waals surface area (Å²) in [6.07, 6.45) is -1.38. The van der Waals surface area contributed by atoms with Crippen molar-refractivity contribution in [3.05, 3.63) is 71.8 Å². The molecule has 4 aromatic heterocycles. The van der Waals surface area contributed by atoms with E-state index in [1.54, 1.807) is 30.3 Å². The number of fused-ring (bicyclic) bond motifs is 1. The van der Waals surface area contributed by atoms with Crippen LogP contribution in [0.5, 0.6) is 0 Å². The third-order valence-electron chi connectivity index (χ3n) is 4.76. The maximum atomic E-state index is 13.2. The zero-order chi connectivity index (χ0) is 22.4. The molecule has 168 valence electrons. The van der Waals surface area contributed by atoms with Crippen LogP contribution in [-0.4, -0.2) is 40.6 Å². The van der Waals surface area contributed by atoms with Crippen LogP contribution in [0.25, 0.3) is 17.0 Å². The molecule has 8 nitrogen and oxygen atoms in total. The normalized spacial score (nSPS) is 11.9. The van der Waals surface area contributed by atoms with Crippen molar-refractivity contribution < 1.29 is 44.1 Å². The summed E-state index contributed by atoms with van der Waals surface area (Å²) < 4.78 is 40.8. The molecule has 1 N–H and O–H groups in total. The molecule has 0 spiro atoms. The van der Waals surface area contributed by atoms with Crippen LogP contribution in [-0.2, 0) is 32.7 Å². The predicted molar refractivity (Wildman–Crippen MR) is 102 cm³/mol. The molecular weight excluding hydrogens is 608 g/mol. The van der Waals surface area contributed by atoms with E-state index >= 15 is 0 Å². The molecule has 0 amide bonds. The molecule has 0 atom stereocenters. The molecule has 0 fully saturated rings. The third kappa shape index (κ3) is 4.12. The Morgan fingerprint density at radius 1 is 1.03 bits per heavy atom. The second kappa shape index (κ2) is 8.38. The van der Waals surface area contributed by atoms with Crippen LogP contribution < -0.4 is 0 Å². The van der Waals surface area contributed by atoms with E-state index < -0.39 is 28.8 Å². The van der Waals surface area contributed by atoms with E-state index in [1.807, 2.05) is 13.8 Å². The number of pyridine rings is 2. The summed E-state index contributed by atoms with van der Waals surface area (Å²) in [4.78, 5) is 30.9. The first-order valence-electron chi connectivity index (χ1n) is 8.96. The van der Waals surface area contributed by atoms with Gasteiger partial charge in [-0.05, 0) is 32.0 Å². The van der Waals surface area contributed by atoms with Gasteiger partial charge in [0.1, 0.15) is 17.7 Å². The molecule has 4 rings (SSSR count). The third-order valence-corrected chi connectivity index (χ3v) is 4.76. The maximum Gasteiger partial charge on any atom is 0.426 e. The smallest absolute Gasteiger partial charge is 0.426 e. The van der Waals surface area contributed by atoms with Crippen LogP contribution in [0, 0.1) is 6.33 Å². The maximum absolute atomic E-state index is 13.2. The van der Waals surface area contributed by atoms with Crippen molar-refractivity contribution in [2.45, 2.75) is 25.4 Å². The van der Waals surface area contributed by atoms with Crippen molar-refractivity contribution in [3.63, 3.8) is 0 Å². The van der Waals surface area contributed by atoms with Gasteiger partial charge in [0.25, 0.3) is 0 Å². The average molecular weight is 622 g/mol. The van der Waals surface area contributed by atoms with Gasteiger partial charge in [0.15, 0.2) is 0 Å². The van der Waals surface area contributed by atoms with Crippen LogP contribution >= 0.6 is 0 Å². The fraction of sp³-hybridized carbons (Fsp3) is 0.200. The zero-order valence-electron chi connectivity index (χ0n) is 16.5. The number of rotatable bonds is 4. The first-order valence-corrected chi connectivity index (χ1v) is 8.96. The molecule has 0 saturated carbocycles. The minimum atomic E-state index is -4.69. The number of hydrogen-bond donors (Lipinski definition) is 1. The summed E-state index contributed by atoms with van der Waals surface area (Å²) in [6, 6.07) is 9.62. The summed E-state index contributed by atoms with van der Waals surface area (Å²) in [6.45, 7) is 3.62. The van der Waals surface area contributed by atoms with Crippen LogP contribution in [0.2, 0.25) is 0 Å². The molecule has 0 unspecified atom stereocenters. The van der Waals surface area contributed by atoms with E-state index in [0.717, 1.165) is 6.33 Å². The van der Waals surface area contributed by atoms with Gasteiger partial charge in [0.2, 0.25) is 0 Å². The van der Waals surface area contributed by atoms with Crippen LogP contribution in [0.1, 0.15) is 41.4 Å².